The average molecular weight is 293 g/mol. The predicted molar refractivity (Wildman–Crippen MR) is 72.6 cm³/mol. The van der Waals surface area contributed by atoms with Crippen LogP contribution < -0.4 is 0 Å². The number of aliphatic hydroxyl groups is 1. The van der Waals surface area contributed by atoms with Crippen molar-refractivity contribution in [2.24, 2.45) is 0 Å². The Bertz CT molecular complexity index is 646. The number of pyridine rings is 1. The molecule has 2 nitrogen and oxygen atoms in total. The topological polar surface area (TPSA) is 33.1 Å². The maximum atomic E-state index is 12.6. The molecule has 1 saturated carbocycles. The summed E-state index contributed by atoms with van der Waals surface area (Å²) in [5.41, 5.74) is 2.29. The third-order valence-corrected chi connectivity index (χ3v) is 3.65. The molecule has 2 aromatic rings. The van der Waals surface area contributed by atoms with Gasteiger partial charge in [0.15, 0.2) is 0 Å². The number of aromatic nitrogens is 1. The summed E-state index contributed by atoms with van der Waals surface area (Å²) in [6.07, 6.45) is -2.22. The van der Waals surface area contributed by atoms with Gasteiger partial charge in [-0.2, -0.15) is 13.2 Å². The molecule has 0 radical (unpaired) electrons. The maximum absolute atomic E-state index is 12.6. The second kappa shape index (κ2) is 5.15. The van der Waals surface area contributed by atoms with Crippen molar-refractivity contribution in [1.29, 1.82) is 0 Å². The molecule has 1 heterocycles. The molecule has 0 atom stereocenters. The third kappa shape index (κ3) is 2.93. The standard InChI is InChI=1S/C16H14F3NO/c17-16(18,19)13-6-3-10(4-7-13)14-8-5-12(9-21)15(20-14)11-1-2-11/h3-8,11,21H,1-2,9H2. The van der Waals surface area contributed by atoms with Crippen molar-refractivity contribution in [3.05, 3.63) is 53.2 Å². The highest BCUT2D eigenvalue weighted by Crippen LogP contribution is 2.41. The minimum absolute atomic E-state index is 0.0634. The molecule has 110 valence electrons. The van der Waals surface area contributed by atoms with Crippen LogP contribution in [-0.4, -0.2) is 10.1 Å². The molecule has 21 heavy (non-hydrogen) atoms. The minimum atomic E-state index is -4.33. The highest BCUT2D eigenvalue weighted by atomic mass is 19.4. The van der Waals surface area contributed by atoms with Gasteiger partial charge in [-0.1, -0.05) is 18.2 Å². The molecule has 0 unspecified atom stereocenters. The zero-order valence-corrected chi connectivity index (χ0v) is 11.2. The van der Waals surface area contributed by atoms with Gasteiger partial charge in [0.25, 0.3) is 0 Å². The fourth-order valence-electron chi connectivity index (χ4n) is 2.34. The van der Waals surface area contributed by atoms with E-state index in [-0.39, 0.29) is 6.61 Å². The van der Waals surface area contributed by atoms with Crippen LogP contribution in [-0.2, 0) is 12.8 Å². The van der Waals surface area contributed by atoms with Gasteiger partial charge in [0.2, 0.25) is 0 Å². The SMILES string of the molecule is OCc1ccc(-c2ccc(C(F)(F)F)cc2)nc1C1CC1. The summed E-state index contributed by atoms with van der Waals surface area (Å²) >= 11 is 0. The number of nitrogens with zero attached hydrogens (tertiary/aromatic N) is 1. The molecule has 0 saturated heterocycles. The van der Waals surface area contributed by atoms with Gasteiger partial charge in [-0.15, -0.1) is 0 Å². The normalized spacial score (nSPS) is 15.2. The van der Waals surface area contributed by atoms with Crippen molar-refractivity contribution in [1.82, 2.24) is 4.98 Å². The third-order valence-electron chi connectivity index (χ3n) is 3.65. The van der Waals surface area contributed by atoms with Crippen LogP contribution in [0, 0.1) is 0 Å². The van der Waals surface area contributed by atoms with Crippen molar-refractivity contribution >= 4 is 0 Å². The Kier molecular flexibility index (Phi) is 3.45. The number of alkyl halides is 3. The van der Waals surface area contributed by atoms with Crippen molar-refractivity contribution < 1.29 is 18.3 Å². The molecule has 0 aliphatic heterocycles. The number of halogens is 3. The van der Waals surface area contributed by atoms with Crippen LogP contribution in [0.2, 0.25) is 0 Å². The van der Waals surface area contributed by atoms with Gasteiger partial charge in [0.1, 0.15) is 0 Å². The van der Waals surface area contributed by atoms with E-state index in [1.165, 1.54) is 12.1 Å². The number of benzene rings is 1. The van der Waals surface area contributed by atoms with E-state index in [4.69, 9.17) is 0 Å². The quantitative estimate of drug-likeness (QED) is 0.922. The second-order valence-electron chi connectivity index (χ2n) is 5.25. The Hall–Kier alpha value is -1.88. The largest absolute Gasteiger partial charge is 0.416 e. The van der Waals surface area contributed by atoms with Crippen LogP contribution in [0.25, 0.3) is 11.3 Å². The number of hydrogen-bond donors (Lipinski definition) is 1. The molecule has 5 heteroatoms. The van der Waals surface area contributed by atoms with Crippen LogP contribution in [0.1, 0.15) is 35.6 Å². The van der Waals surface area contributed by atoms with Crippen LogP contribution in [0.5, 0.6) is 0 Å². The molecule has 3 rings (SSSR count). The Balaban J connectivity index is 1.95. The average Bonchev–Trinajstić information content (AvgIpc) is 3.30. The van der Waals surface area contributed by atoms with E-state index in [9.17, 15) is 18.3 Å². The van der Waals surface area contributed by atoms with E-state index >= 15 is 0 Å². The van der Waals surface area contributed by atoms with E-state index in [0.717, 1.165) is 36.2 Å². The van der Waals surface area contributed by atoms with Crippen LogP contribution in [0.15, 0.2) is 36.4 Å². The maximum Gasteiger partial charge on any atom is 0.416 e. The van der Waals surface area contributed by atoms with Gasteiger partial charge in [-0.3, -0.25) is 4.98 Å². The smallest absolute Gasteiger partial charge is 0.392 e. The lowest BCUT2D eigenvalue weighted by Crippen LogP contribution is -2.04. The monoisotopic (exact) mass is 293 g/mol. The summed E-state index contributed by atoms with van der Waals surface area (Å²) in [6, 6.07) is 8.52. The summed E-state index contributed by atoms with van der Waals surface area (Å²) in [6.45, 7) is -0.0634. The first-order valence-corrected chi connectivity index (χ1v) is 6.77. The van der Waals surface area contributed by atoms with Gasteiger partial charge < -0.3 is 5.11 Å². The van der Waals surface area contributed by atoms with E-state index < -0.39 is 11.7 Å². The molecule has 1 N–H and O–H groups in total. The number of aliphatic hydroxyl groups excluding tert-OH is 1. The molecule has 1 aromatic carbocycles. The summed E-state index contributed by atoms with van der Waals surface area (Å²) in [5, 5.41) is 9.32. The van der Waals surface area contributed by atoms with Crippen molar-refractivity contribution in [2.45, 2.75) is 31.5 Å². The number of rotatable bonds is 3. The summed E-state index contributed by atoms with van der Waals surface area (Å²) in [4.78, 5) is 4.53. The van der Waals surface area contributed by atoms with Gasteiger partial charge in [-0.25, -0.2) is 0 Å². The van der Waals surface area contributed by atoms with E-state index in [1.54, 1.807) is 12.1 Å². The van der Waals surface area contributed by atoms with Crippen LogP contribution in [0.3, 0.4) is 0 Å². The van der Waals surface area contributed by atoms with Crippen LogP contribution >= 0.6 is 0 Å². The summed E-state index contributed by atoms with van der Waals surface area (Å²) in [5.74, 6) is 0.376. The van der Waals surface area contributed by atoms with E-state index in [1.807, 2.05) is 0 Å². The summed E-state index contributed by atoms with van der Waals surface area (Å²) < 4.78 is 37.7. The molecule has 1 aromatic heterocycles. The molecular weight excluding hydrogens is 279 g/mol. The second-order valence-corrected chi connectivity index (χ2v) is 5.25. The summed E-state index contributed by atoms with van der Waals surface area (Å²) in [7, 11) is 0. The van der Waals surface area contributed by atoms with E-state index in [2.05, 4.69) is 4.98 Å². The van der Waals surface area contributed by atoms with Gasteiger partial charge in [0.05, 0.1) is 17.9 Å². The number of hydrogen-bond acceptors (Lipinski definition) is 2. The first-order valence-electron chi connectivity index (χ1n) is 6.77. The zero-order chi connectivity index (χ0) is 15.0. The Morgan fingerprint density at radius 1 is 1.05 bits per heavy atom. The fourth-order valence-corrected chi connectivity index (χ4v) is 2.34. The van der Waals surface area contributed by atoms with Crippen molar-refractivity contribution in [3.8, 4) is 11.3 Å². The Morgan fingerprint density at radius 3 is 2.24 bits per heavy atom. The van der Waals surface area contributed by atoms with Crippen LogP contribution in [0.4, 0.5) is 13.2 Å². The lowest BCUT2D eigenvalue weighted by molar-refractivity contribution is -0.137. The molecule has 0 bridgehead atoms. The minimum Gasteiger partial charge on any atom is -0.392 e. The molecule has 0 amide bonds. The molecule has 1 fully saturated rings. The van der Waals surface area contributed by atoms with Gasteiger partial charge >= 0.3 is 6.18 Å². The first-order chi connectivity index (χ1) is 9.99. The molecule has 0 spiro atoms. The molecular formula is C16H14F3NO. The fraction of sp³-hybridized carbons (Fsp3) is 0.312. The predicted octanol–water partition coefficient (Wildman–Crippen LogP) is 4.14. The Labute approximate surface area is 120 Å². The lowest BCUT2D eigenvalue weighted by atomic mass is 10.0. The van der Waals surface area contributed by atoms with Crippen molar-refractivity contribution in [3.63, 3.8) is 0 Å². The van der Waals surface area contributed by atoms with Crippen molar-refractivity contribution in [2.75, 3.05) is 0 Å². The zero-order valence-electron chi connectivity index (χ0n) is 11.2. The molecule has 1 aliphatic carbocycles. The highest BCUT2D eigenvalue weighted by molar-refractivity contribution is 5.60. The molecule has 1 aliphatic rings. The van der Waals surface area contributed by atoms with Gasteiger partial charge in [0, 0.05) is 17.2 Å². The first kappa shape index (κ1) is 14.1. The van der Waals surface area contributed by atoms with E-state index in [0.29, 0.717) is 17.2 Å². The lowest BCUT2D eigenvalue weighted by Gasteiger charge is -2.10. The Morgan fingerprint density at radius 2 is 1.71 bits per heavy atom. The van der Waals surface area contributed by atoms with Gasteiger partial charge in [-0.05, 0) is 36.6 Å². The highest BCUT2D eigenvalue weighted by Gasteiger charge is 2.30.